The van der Waals surface area contributed by atoms with Crippen molar-refractivity contribution in [3.05, 3.63) is 24.3 Å². The summed E-state index contributed by atoms with van der Waals surface area (Å²) in [5.41, 5.74) is 5.97. The van der Waals surface area contributed by atoms with Crippen LogP contribution in [0.15, 0.2) is 24.3 Å². The van der Waals surface area contributed by atoms with Gasteiger partial charge in [0.1, 0.15) is 18.9 Å². The molecule has 0 aromatic heterocycles. The molecule has 0 spiro atoms. The number of carbonyl (C=O) groups is 2. The van der Waals surface area contributed by atoms with E-state index in [0.29, 0.717) is 6.29 Å². The van der Waals surface area contributed by atoms with Gasteiger partial charge in [-0.05, 0) is 26.0 Å². The SMILES string of the molecule is CC(C)N(C(=O)C(N)C=O)c1ccccc1N(C)CC(F)(F)F. The van der Waals surface area contributed by atoms with E-state index in [1.807, 2.05) is 0 Å². The molecule has 1 rings (SSSR count). The third-order valence-corrected chi connectivity index (χ3v) is 3.15. The van der Waals surface area contributed by atoms with Gasteiger partial charge in [-0.3, -0.25) is 4.79 Å². The lowest BCUT2D eigenvalue weighted by molar-refractivity contribution is -0.124. The molecule has 128 valence electrons. The zero-order chi connectivity index (χ0) is 17.8. The minimum absolute atomic E-state index is 0.227. The van der Waals surface area contributed by atoms with Crippen LogP contribution in [0.5, 0.6) is 0 Å². The molecule has 0 saturated carbocycles. The normalized spacial score (nSPS) is 12.9. The summed E-state index contributed by atoms with van der Waals surface area (Å²) in [4.78, 5) is 25.3. The summed E-state index contributed by atoms with van der Waals surface area (Å²) < 4.78 is 37.9. The number of amides is 1. The van der Waals surface area contributed by atoms with E-state index in [1.165, 1.54) is 24.1 Å². The summed E-state index contributed by atoms with van der Waals surface area (Å²) >= 11 is 0. The lowest BCUT2D eigenvalue weighted by Gasteiger charge is -2.32. The molecule has 8 heteroatoms. The minimum atomic E-state index is -4.38. The molecule has 1 unspecified atom stereocenters. The van der Waals surface area contributed by atoms with Crippen LogP contribution in [0, 0.1) is 0 Å². The van der Waals surface area contributed by atoms with Crippen LogP contribution < -0.4 is 15.5 Å². The first-order valence-corrected chi connectivity index (χ1v) is 6.99. The van der Waals surface area contributed by atoms with E-state index in [1.54, 1.807) is 26.0 Å². The number of aldehydes is 1. The lowest BCUT2D eigenvalue weighted by Crippen LogP contribution is -2.48. The average molecular weight is 331 g/mol. The zero-order valence-electron chi connectivity index (χ0n) is 13.2. The Bertz CT molecular complexity index is 561. The van der Waals surface area contributed by atoms with E-state index in [4.69, 9.17) is 5.73 Å². The molecule has 5 nitrogen and oxygen atoms in total. The Kier molecular flexibility index (Phi) is 6.14. The molecule has 1 amide bonds. The van der Waals surface area contributed by atoms with Gasteiger partial charge in [0.25, 0.3) is 5.91 Å². The first-order chi connectivity index (χ1) is 10.6. The number of nitrogens with zero attached hydrogens (tertiary/aromatic N) is 2. The van der Waals surface area contributed by atoms with Crippen molar-refractivity contribution in [1.29, 1.82) is 0 Å². The Morgan fingerprint density at radius 1 is 1.26 bits per heavy atom. The van der Waals surface area contributed by atoms with Crippen molar-refractivity contribution in [2.24, 2.45) is 5.73 Å². The van der Waals surface area contributed by atoms with Gasteiger partial charge in [0.2, 0.25) is 0 Å². The van der Waals surface area contributed by atoms with Crippen LogP contribution in [-0.4, -0.2) is 44.0 Å². The van der Waals surface area contributed by atoms with E-state index in [9.17, 15) is 22.8 Å². The number of rotatable bonds is 6. The molecule has 1 atom stereocenters. The van der Waals surface area contributed by atoms with Crippen molar-refractivity contribution in [2.45, 2.75) is 32.1 Å². The molecular formula is C15H20F3N3O2. The largest absolute Gasteiger partial charge is 0.405 e. The number of hydrogen-bond acceptors (Lipinski definition) is 4. The Balaban J connectivity index is 3.28. The van der Waals surface area contributed by atoms with Crippen LogP contribution in [0.2, 0.25) is 0 Å². The van der Waals surface area contributed by atoms with E-state index in [2.05, 4.69) is 0 Å². The number of nitrogens with two attached hydrogens (primary N) is 1. The van der Waals surface area contributed by atoms with Gasteiger partial charge < -0.3 is 20.3 Å². The highest BCUT2D eigenvalue weighted by atomic mass is 19.4. The lowest BCUT2D eigenvalue weighted by atomic mass is 10.1. The van der Waals surface area contributed by atoms with E-state index < -0.39 is 24.7 Å². The Morgan fingerprint density at radius 3 is 2.22 bits per heavy atom. The average Bonchev–Trinajstić information content (AvgIpc) is 2.44. The van der Waals surface area contributed by atoms with Crippen molar-refractivity contribution >= 4 is 23.6 Å². The molecule has 0 aliphatic carbocycles. The molecule has 2 N–H and O–H groups in total. The first kappa shape index (κ1) is 19.0. The maximum absolute atomic E-state index is 12.6. The number of carbonyl (C=O) groups excluding carboxylic acids is 2. The van der Waals surface area contributed by atoms with Crippen molar-refractivity contribution in [1.82, 2.24) is 0 Å². The Labute approximate surface area is 132 Å². The van der Waals surface area contributed by atoms with Crippen LogP contribution >= 0.6 is 0 Å². The minimum Gasteiger partial charge on any atom is -0.364 e. The second-order valence-electron chi connectivity index (χ2n) is 5.42. The molecular weight excluding hydrogens is 311 g/mol. The molecule has 0 aliphatic heterocycles. The van der Waals surface area contributed by atoms with Crippen molar-refractivity contribution in [3.8, 4) is 0 Å². The summed E-state index contributed by atoms with van der Waals surface area (Å²) in [6.07, 6.45) is -4.08. The maximum atomic E-state index is 12.6. The first-order valence-electron chi connectivity index (χ1n) is 6.99. The fraction of sp³-hybridized carbons (Fsp3) is 0.467. The van der Waals surface area contributed by atoms with Crippen LogP contribution in [0.3, 0.4) is 0 Å². The number of hydrogen-bond donors (Lipinski definition) is 1. The summed E-state index contributed by atoms with van der Waals surface area (Å²) in [5, 5.41) is 0. The van der Waals surface area contributed by atoms with Crippen LogP contribution in [0.25, 0.3) is 0 Å². The zero-order valence-corrected chi connectivity index (χ0v) is 13.2. The van der Waals surface area contributed by atoms with E-state index in [-0.39, 0.29) is 17.4 Å². The summed E-state index contributed by atoms with van der Waals surface area (Å²) in [6, 6.07) is 4.45. The third kappa shape index (κ3) is 4.95. The number of para-hydroxylation sites is 2. The van der Waals surface area contributed by atoms with Crippen molar-refractivity contribution < 1.29 is 22.8 Å². The predicted octanol–water partition coefficient (Wildman–Crippen LogP) is 1.95. The quantitative estimate of drug-likeness (QED) is 0.639. The monoisotopic (exact) mass is 331 g/mol. The number of benzene rings is 1. The molecule has 0 aliphatic rings. The van der Waals surface area contributed by atoms with Gasteiger partial charge in [0, 0.05) is 13.1 Å². The summed E-state index contributed by atoms with van der Waals surface area (Å²) in [7, 11) is 1.29. The molecule has 0 bridgehead atoms. The number of anilines is 2. The maximum Gasteiger partial charge on any atom is 0.405 e. The standard InChI is InChI=1S/C15H20F3N3O2/c1-10(2)21(14(23)11(19)8-22)13-7-5-4-6-12(13)20(3)9-15(16,17)18/h4-8,10-11H,9,19H2,1-3H3. The Morgan fingerprint density at radius 2 is 1.78 bits per heavy atom. The fourth-order valence-electron chi connectivity index (χ4n) is 2.21. The summed E-state index contributed by atoms with van der Waals surface area (Å²) in [5.74, 6) is -0.664. The summed E-state index contributed by atoms with van der Waals surface area (Å²) in [6.45, 7) is 2.22. The van der Waals surface area contributed by atoms with Gasteiger partial charge in [-0.15, -0.1) is 0 Å². The highest BCUT2D eigenvalue weighted by Crippen LogP contribution is 2.32. The van der Waals surface area contributed by atoms with Gasteiger partial charge in [0.15, 0.2) is 0 Å². The molecule has 0 heterocycles. The van der Waals surface area contributed by atoms with E-state index >= 15 is 0 Å². The topological polar surface area (TPSA) is 66.6 Å². The molecule has 0 saturated heterocycles. The number of halogens is 3. The van der Waals surface area contributed by atoms with Gasteiger partial charge in [-0.1, -0.05) is 12.1 Å². The second kappa shape index (κ2) is 7.45. The Hall–Kier alpha value is -2.09. The van der Waals surface area contributed by atoms with Gasteiger partial charge in [-0.2, -0.15) is 13.2 Å². The van der Waals surface area contributed by atoms with Crippen LogP contribution in [-0.2, 0) is 9.59 Å². The van der Waals surface area contributed by atoms with Crippen LogP contribution in [0.1, 0.15) is 13.8 Å². The predicted molar refractivity (Wildman–Crippen MR) is 82.4 cm³/mol. The van der Waals surface area contributed by atoms with Gasteiger partial charge in [0.05, 0.1) is 11.4 Å². The molecule has 0 fully saturated rings. The van der Waals surface area contributed by atoms with Crippen molar-refractivity contribution in [2.75, 3.05) is 23.4 Å². The van der Waals surface area contributed by atoms with Crippen LogP contribution in [0.4, 0.5) is 24.5 Å². The molecule has 1 aromatic rings. The van der Waals surface area contributed by atoms with Gasteiger partial charge in [-0.25, -0.2) is 0 Å². The number of alkyl halides is 3. The smallest absolute Gasteiger partial charge is 0.364 e. The molecule has 23 heavy (non-hydrogen) atoms. The molecule has 1 aromatic carbocycles. The second-order valence-corrected chi connectivity index (χ2v) is 5.42. The van der Waals surface area contributed by atoms with E-state index in [0.717, 1.165) is 4.90 Å². The third-order valence-electron chi connectivity index (χ3n) is 3.15. The highest BCUT2D eigenvalue weighted by molar-refractivity contribution is 6.07. The molecule has 0 radical (unpaired) electrons. The fourth-order valence-corrected chi connectivity index (χ4v) is 2.21. The highest BCUT2D eigenvalue weighted by Gasteiger charge is 2.32. The van der Waals surface area contributed by atoms with Crippen molar-refractivity contribution in [3.63, 3.8) is 0 Å². The van der Waals surface area contributed by atoms with Gasteiger partial charge >= 0.3 is 6.18 Å².